The van der Waals surface area contributed by atoms with Crippen molar-refractivity contribution in [3.8, 4) is 0 Å². The number of benzene rings is 1. The third kappa shape index (κ3) is 4.32. The largest absolute Gasteiger partial charge is 0.306 e. The van der Waals surface area contributed by atoms with Gasteiger partial charge in [-0.25, -0.2) is 0 Å². The first-order valence-electron chi connectivity index (χ1n) is 7.61. The Hall–Kier alpha value is -0.860. The van der Waals surface area contributed by atoms with Gasteiger partial charge in [0, 0.05) is 18.6 Å². The van der Waals surface area contributed by atoms with Crippen LogP contribution in [0.25, 0.3) is 0 Å². The SMILES string of the molecule is Cc1cc(C)cc(C(C)NC(C)CN2CCCC2)c1. The molecule has 0 saturated carbocycles. The number of rotatable bonds is 5. The van der Waals surface area contributed by atoms with Crippen LogP contribution < -0.4 is 5.32 Å². The smallest absolute Gasteiger partial charge is 0.0294 e. The van der Waals surface area contributed by atoms with E-state index in [2.05, 4.69) is 56.1 Å². The van der Waals surface area contributed by atoms with Gasteiger partial charge in [0.15, 0.2) is 0 Å². The van der Waals surface area contributed by atoms with Crippen LogP contribution in [0.3, 0.4) is 0 Å². The quantitative estimate of drug-likeness (QED) is 0.872. The minimum atomic E-state index is 0.427. The fraction of sp³-hybridized carbons (Fsp3) is 0.647. The maximum atomic E-state index is 3.74. The second-order valence-corrected chi connectivity index (χ2v) is 6.22. The van der Waals surface area contributed by atoms with Gasteiger partial charge in [0.2, 0.25) is 0 Å². The summed E-state index contributed by atoms with van der Waals surface area (Å²) in [5.41, 5.74) is 4.12. The van der Waals surface area contributed by atoms with Crippen LogP contribution in [0, 0.1) is 13.8 Å². The van der Waals surface area contributed by atoms with Crippen molar-refractivity contribution >= 4 is 0 Å². The van der Waals surface area contributed by atoms with E-state index in [0.717, 1.165) is 0 Å². The summed E-state index contributed by atoms with van der Waals surface area (Å²) in [5, 5.41) is 3.74. The molecule has 106 valence electrons. The second-order valence-electron chi connectivity index (χ2n) is 6.22. The Morgan fingerprint density at radius 1 is 1.05 bits per heavy atom. The van der Waals surface area contributed by atoms with Gasteiger partial charge in [-0.2, -0.15) is 0 Å². The van der Waals surface area contributed by atoms with Crippen molar-refractivity contribution in [1.29, 1.82) is 0 Å². The molecule has 19 heavy (non-hydrogen) atoms. The fourth-order valence-corrected chi connectivity index (χ4v) is 3.19. The van der Waals surface area contributed by atoms with Crippen LogP contribution in [0.1, 0.15) is 49.4 Å². The van der Waals surface area contributed by atoms with Gasteiger partial charge in [-0.3, -0.25) is 0 Å². The Balaban J connectivity index is 1.90. The van der Waals surface area contributed by atoms with Crippen LogP contribution in [-0.2, 0) is 0 Å². The predicted molar refractivity (Wildman–Crippen MR) is 82.6 cm³/mol. The summed E-state index contributed by atoms with van der Waals surface area (Å²) in [7, 11) is 0. The number of hydrogen-bond donors (Lipinski definition) is 1. The highest BCUT2D eigenvalue weighted by Gasteiger charge is 2.16. The van der Waals surface area contributed by atoms with Gasteiger partial charge in [0.1, 0.15) is 0 Å². The van der Waals surface area contributed by atoms with Crippen LogP contribution in [0.5, 0.6) is 0 Å². The van der Waals surface area contributed by atoms with E-state index < -0.39 is 0 Å². The van der Waals surface area contributed by atoms with Crippen LogP contribution in [0.2, 0.25) is 0 Å². The second kappa shape index (κ2) is 6.53. The van der Waals surface area contributed by atoms with Gasteiger partial charge >= 0.3 is 0 Å². The molecule has 2 rings (SSSR count). The topological polar surface area (TPSA) is 15.3 Å². The van der Waals surface area contributed by atoms with Crippen molar-refractivity contribution in [2.24, 2.45) is 0 Å². The minimum absolute atomic E-state index is 0.427. The summed E-state index contributed by atoms with van der Waals surface area (Å²) < 4.78 is 0. The maximum absolute atomic E-state index is 3.74. The molecular weight excluding hydrogens is 232 g/mol. The molecule has 1 aromatic rings. The average molecular weight is 260 g/mol. The molecule has 2 nitrogen and oxygen atoms in total. The molecule has 0 bridgehead atoms. The summed E-state index contributed by atoms with van der Waals surface area (Å²) in [5.74, 6) is 0. The Bertz CT molecular complexity index is 387. The molecule has 0 aromatic heterocycles. The highest BCUT2D eigenvalue weighted by atomic mass is 15.2. The van der Waals surface area contributed by atoms with Crippen molar-refractivity contribution in [3.63, 3.8) is 0 Å². The van der Waals surface area contributed by atoms with E-state index in [-0.39, 0.29) is 0 Å². The molecule has 1 heterocycles. The van der Waals surface area contributed by atoms with Gasteiger partial charge in [-0.05, 0) is 59.2 Å². The zero-order chi connectivity index (χ0) is 13.8. The number of nitrogens with zero attached hydrogens (tertiary/aromatic N) is 1. The van der Waals surface area contributed by atoms with Crippen LogP contribution in [0.4, 0.5) is 0 Å². The van der Waals surface area contributed by atoms with Gasteiger partial charge in [-0.15, -0.1) is 0 Å². The Kier molecular flexibility index (Phi) is 5.00. The molecule has 0 amide bonds. The Morgan fingerprint density at radius 2 is 1.63 bits per heavy atom. The molecule has 1 N–H and O–H groups in total. The van der Waals surface area contributed by atoms with E-state index in [1.807, 2.05) is 0 Å². The average Bonchev–Trinajstić information content (AvgIpc) is 2.80. The molecule has 0 radical (unpaired) electrons. The van der Waals surface area contributed by atoms with E-state index in [0.29, 0.717) is 12.1 Å². The number of hydrogen-bond acceptors (Lipinski definition) is 2. The van der Waals surface area contributed by atoms with Crippen molar-refractivity contribution in [2.45, 2.75) is 52.6 Å². The lowest BCUT2D eigenvalue weighted by molar-refractivity contribution is 0.289. The predicted octanol–water partition coefficient (Wildman–Crippen LogP) is 3.44. The van der Waals surface area contributed by atoms with E-state index in [4.69, 9.17) is 0 Å². The zero-order valence-electron chi connectivity index (χ0n) is 12.9. The van der Waals surface area contributed by atoms with Crippen molar-refractivity contribution in [1.82, 2.24) is 10.2 Å². The fourth-order valence-electron chi connectivity index (χ4n) is 3.19. The lowest BCUT2D eigenvalue weighted by Gasteiger charge is -2.25. The molecule has 1 aliphatic heterocycles. The molecule has 2 atom stereocenters. The lowest BCUT2D eigenvalue weighted by atomic mass is 10.0. The van der Waals surface area contributed by atoms with Gasteiger partial charge in [0.25, 0.3) is 0 Å². The Labute approximate surface area is 118 Å². The van der Waals surface area contributed by atoms with Crippen molar-refractivity contribution in [2.75, 3.05) is 19.6 Å². The number of nitrogens with one attached hydrogen (secondary N) is 1. The Morgan fingerprint density at radius 3 is 2.21 bits per heavy atom. The normalized spacial score (nSPS) is 19.6. The molecule has 1 saturated heterocycles. The van der Waals surface area contributed by atoms with Crippen LogP contribution in [0.15, 0.2) is 18.2 Å². The summed E-state index contributed by atoms with van der Waals surface area (Å²) >= 11 is 0. The van der Waals surface area contributed by atoms with E-state index >= 15 is 0 Å². The number of likely N-dealkylation sites (tertiary alicyclic amines) is 1. The monoisotopic (exact) mass is 260 g/mol. The molecular formula is C17H28N2. The van der Waals surface area contributed by atoms with Crippen molar-refractivity contribution < 1.29 is 0 Å². The number of aryl methyl sites for hydroxylation is 2. The van der Waals surface area contributed by atoms with Crippen LogP contribution >= 0.6 is 0 Å². The maximum Gasteiger partial charge on any atom is 0.0294 e. The van der Waals surface area contributed by atoms with E-state index in [9.17, 15) is 0 Å². The first kappa shape index (κ1) is 14.5. The summed E-state index contributed by atoms with van der Waals surface area (Å²) in [6.45, 7) is 12.7. The van der Waals surface area contributed by atoms with Gasteiger partial charge in [0.05, 0.1) is 0 Å². The van der Waals surface area contributed by atoms with Gasteiger partial charge < -0.3 is 10.2 Å². The standard InChI is InChI=1S/C17H28N2/c1-13-9-14(2)11-17(10-13)16(4)18-15(3)12-19-7-5-6-8-19/h9-11,15-16,18H,5-8,12H2,1-4H3. The molecule has 0 spiro atoms. The summed E-state index contributed by atoms with van der Waals surface area (Å²) in [6.07, 6.45) is 2.75. The van der Waals surface area contributed by atoms with Crippen LogP contribution in [-0.4, -0.2) is 30.6 Å². The third-order valence-corrected chi connectivity index (χ3v) is 4.01. The third-order valence-electron chi connectivity index (χ3n) is 4.01. The highest BCUT2D eigenvalue weighted by Crippen LogP contribution is 2.17. The van der Waals surface area contributed by atoms with E-state index in [1.54, 1.807) is 0 Å². The molecule has 1 fully saturated rings. The molecule has 2 heteroatoms. The lowest BCUT2D eigenvalue weighted by Crippen LogP contribution is -2.39. The first-order chi connectivity index (χ1) is 9.04. The summed E-state index contributed by atoms with van der Waals surface area (Å²) in [6, 6.07) is 7.81. The minimum Gasteiger partial charge on any atom is -0.306 e. The molecule has 0 aliphatic carbocycles. The molecule has 2 unspecified atom stereocenters. The first-order valence-corrected chi connectivity index (χ1v) is 7.61. The molecule has 1 aliphatic rings. The van der Waals surface area contributed by atoms with Crippen molar-refractivity contribution in [3.05, 3.63) is 34.9 Å². The summed E-state index contributed by atoms with van der Waals surface area (Å²) in [4.78, 5) is 2.58. The highest BCUT2D eigenvalue weighted by molar-refractivity contribution is 5.30. The van der Waals surface area contributed by atoms with Gasteiger partial charge in [-0.1, -0.05) is 29.3 Å². The van der Waals surface area contributed by atoms with E-state index in [1.165, 1.54) is 49.2 Å². The zero-order valence-corrected chi connectivity index (χ0v) is 12.9. The molecule has 1 aromatic carbocycles.